The second-order valence-corrected chi connectivity index (χ2v) is 4.25. The van der Waals surface area contributed by atoms with E-state index in [9.17, 15) is 4.79 Å². The SMILES string of the molecule is COC(=O)c1csc(C2COCCN2)c1. The van der Waals surface area contributed by atoms with E-state index < -0.39 is 0 Å². The van der Waals surface area contributed by atoms with Crippen molar-refractivity contribution in [2.75, 3.05) is 26.9 Å². The highest BCUT2D eigenvalue weighted by molar-refractivity contribution is 7.10. The van der Waals surface area contributed by atoms with Gasteiger partial charge in [0, 0.05) is 16.8 Å². The van der Waals surface area contributed by atoms with Crippen molar-refractivity contribution in [3.63, 3.8) is 0 Å². The minimum absolute atomic E-state index is 0.210. The number of carbonyl (C=O) groups is 1. The molecule has 1 aliphatic heterocycles. The van der Waals surface area contributed by atoms with Gasteiger partial charge in [-0.1, -0.05) is 0 Å². The zero-order valence-corrected chi connectivity index (χ0v) is 9.30. The van der Waals surface area contributed by atoms with Crippen LogP contribution in [-0.2, 0) is 9.47 Å². The second kappa shape index (κ2) is 4.74. The number of rotatable bonds is 2. The molecule has 82 valence electrons. The molecule has 1 aromatic heterocycles. The van der Waals surface area contributed by atoms with E-state index >= 15 is 0 Å². The fourth-order valence-corrected chi connectivity index (χ4v) is 2.45. The maximum absolute atomic E-state index is 11.2. The van der Waals surface area contributed by atoms with E-state index in [0.29, 0.717) is 12.2 Å². The predicted molar refractivity (Wildman–Crippen MR) is 57.2 cm³/mol. The highest BCUT2D eigenvalue weighted by Gasteiger charge is 2.18. The molecular formula is C10H13NO3S. The van der Waals surface area contributed by atoms with E-state index in [1.165, 1.54) is 7.11 Å². The molecule has 0 aromatic carbocycles. The Hall–Kier alpha value is -0.910. The minimum Gasteiger partial charge on any atom is -0.465 e. The van der Waals surface area contributed by atoms with Crippen LogP contribution in [0, 0.1) is 0 Å². The molecule has 1 aliphatic rings. The predicted octanol–water partition coefficient (Wildman–Crippen LogP) is 1.20. The summed E-state index contributed by atoms with van der Waals surface area (Å²) >= 11 is 1.56. The lowest BCUT2D eigenvalue weighted by Crippen LogP contribution is -2.34. The number of methoxy groups -OCH3 is 1. The topological polar surface area (TPSA) is 47.6 Å². The summed E-state index contributed by atoms with van der Waals surface area (Å²) in [4.78, 5) is 12.4. The lowest BCUT2D eigenvalue weighted by atomic mass is 10.2. The molecule has 1 fully saturated rings. The van der Waals surface area contributed by atoms with E-state index in [2.05, 4.69) is 10.1 Å². The zero-order chi connectivity index (χ0) is 10.7. The highest BCUT2D eigenvalue weighted by atomic mass is 32.1. The number of esters is 1. The Bertz CT molecular complexity index is 344. The summed E-state index contributed by atoms with van der Waals surface area (Å²) < 4.78 is 10.0. The van der Waals surface area contributed by atoms with Gasteiger partial charge in [0.05, 0.1) is 31.9 Å². The van der Waals surface area contributed by atoms with Crippen LogP contribution in [0.1, 0.15) is 21.3 Å². The largest absolute Gasteiger partial charge is 0.465 e. The van der Waals surface area contributed by atoms with Crippen molar-refractivity contribution in [3.05, 3.63) is 21.9 Å². The number of morpholine rings is 1. The molecule has 15 heavy (non-hydrogen) atoms. The molecule has 1 unspecified atom stereocenters. The number of nitrogens with one attached hydrogen (secondary N) is 1. The van der Waals surface area contributed by atoms with Gasteiger partial charge < -0.3 is 14.8 Å². The van der Waals surface area contributed by atoms with Crippen LogP contribution >= 0.6 is 11.3 Å². The molecule has 4 nitrogen and oxygen atoms in total. The van der Waals surface area contributed by atoms with Crippen molar-refractivity contribution in [1.82, 2.24) is 5.32 Å². The van der Waals surface area contributed by atoms with Crippen molar-refractivity contribution in [1.29, 1.82) is 0 Å². The Kier molecular flexibility index (Phi) is 3.35. The molecule has 0 radical (unpaired) electrons. The first kappa shape index (κ1) is 10.6. The summed E-state index contributed by atoms with van der Waals surface area (Å²) in [5.74, 6) is -0.283. The first-order valence-electron chi connectivity index (χ1n) is 4.79. The summed E-state index contributed by atoms with van der Waals surface area (Å²) in [6.45, 7) is 2.28. The summed E-state index contributed by atoms with van der Waals surface area (Å²) in [6, 6.07) is 2.07. The summed E-state index contributed by atoms with van der Waals surface area (Å²) in [7, 11) is 1.39. The van der Waals surface area contributed by atoms with Crippen LogP contribution in [0.5, 0.6) is 0 Å². The van der Waals surface area contributed by atoms with Gasteiger partial charge in [0.2, 0.25) is 0 Å². The molecular weight excluding hydrogens is 214 g/mol. The quantitative estimate of drug-likeness (QED) is 0.771. The number of thiophene rings is 1. The molecule has 0 amide bonds. The van der Waals surface area contributed by atoms with Crippen molar-refractivity contribution in [3.8, 4) is 0 Å². The minimum atomic E-state index is -0.283. The molecule has 2 rings (SSSR count). The molecule has 0 spiro atoms. The smallest absolute Gasteiger partial charge is 0.338 e. The van der Waals surface area contributed by atoms with Gasteiger partial charge in [-0.15, -0.1) is 11.3 Å². The van der Waals surface area contributed by atoms with E-state index in [1.807, 2.05) is 11.4 Å². The van der Waals surface area contributed by atoms with Crippen LogP contribution in [0.4, 0.5) is 0 Å². The van der Waals surface area contributed by atoms with Crippen molar-refractivity contribution < 1.29 is 14.3 Å². The average Bonchev–Trinajstić information content (AvgIpc) is 2.78. The molecule has 2 heterocycles. The fraction of sp³-hybridized carbons (Fsp3) is 0.500. The molecule has 1 N–H and O–H groups in total. The Labute approximate surface area is 92.2 Å². The molecule has 0 aliphatic carbocycles. The van der Waals surface area contributed by atoms with Gasteiger partial charge in [0.25, 0.3) is 0 Å². The van der Waals surface area contributed by atoms with Gasteiger partial charge >= 0.3 is 5.97 Å². The third-order valence-corrected chi connectivity index (χ3v) is 3.35. The molecule has 0 bridgehead atoms. The summed E-state index contributed by atoms with van der Waals surface area (Å²) in [5.41, 5.74) is 0.616. The number of hydrogen-bond acceptors (Lipinski definition) is 5. The van der Waals surface area contributed by atoms with Gasteiger partial charge in [0.15, 0.2) is 0 Å². The lowest BCUT2D eigenvalue weighted by Gasteiger charge is -2.22. The first-order valence-corrected chi connectivity index (χ1v) is 5.67. The maximum atomic E-state index is 11.2. The average molecular weight is 227 g/mol. The van der Waals surface area contributed by atoms with E-state index in [0.717, 1.165) is 18.0 Å². The Morgan fingerprint density at radius 3 is 3.27 bits per heavy atom. The fourth-order valence-electron chi connectivity index (χ4n) is 1.51. The van der Waals surface area contributed by atoms with Crippen LogP contribution < -0.4 is 5.32 Å². The Morgan fingerprint density at radius 1 is 1.73 bits per heavy atom. The Balaban J connectivity index is 2.08. The van der Waals surface area contributed by atoms with Crippen molar-refractivity contribution in [2.24, 2.45) is 0 Å². The highest BCUT2D eigenvalue weighted by Crippen LogP contribution is 2.24. The molecule has 1 saturated heterocycles. The summed E-state index contributed by atoms with van der Waals surface area (Å²) in [6.07, 6.45) is 0. The van der Waals surface area contributed by atoms with Gasteiger partial charge in [-0.2, -0.15) is 0 Å². The molecule has 1 aromatic rings. The van der Waals surface area contributed by atoms with Crippen LogP contribution in [0.2, 0.25) is 0 Å². The lowest BCUT2D eigenvalue weighted by molar-refractivity contribution is 0.0600. The first-order chi connectivity index (χ1) is 7.31. The van der Waals surface area contributed by atoms with E-state index in [-0.39, 0.29) is 12.0 Å². The summed E-state index contributed by atoms with van der Waals surface area (Å²) in [5, 5.41) is 5.16. The molecule has 5 heteroatoms. The third kappa shape index (κ3) is 2.37. The van der Waals surface area contributed by atoms with Crippen LogP contribution in [0.3, 0.4) is 0 Å². The number of carbonyl (C=O) groups excluding carboxylic acids is 1. The normalized spacial score (nSPS) is 21.3. The van der Waals surface area contributed by atoms with Crippen molar-refractivity contribution >= 4 is 17.3 Å². The van der Waals surface area contributed by atoms with Crippen LogP contribution in [0.25, 0.3) is 0 Å². The van der Waals surface area contributed by atoms with E-state index in [1.54, 1.807) is 11.3 Å². The second-order valence-electron chi connectivity index (χ2n) is 3.31. The Morgan fingerprint density at radius 2 is 2.60 bits per heavy atom. The third-order valence-electron chi connectivity index (χ3n) is 2.31. The molecule has 0 saturated carbocycles. The van der Waals surface area contributed by atoms with Gasteiger partial charge in [0.1, 0.15) is 0 Å². The van der Waals surface area contributed by atoms with Crippen LogP contribution in [-0.4, -0.2) is 32.8 Å². The monoisotopic (exact) mass is 227 g/mol. The molecule has 1 atom stereocenters. The van der Waals surface area contributed by atoms with Crippen molar-refractivity contribution in [2.45, 2.75) is 6.04 Å². The number of hydrogen-bond donors (Lipinski definition) is 1. The number of ether oxygens (including phenoxy) is 2. The zero-order valence-electron chi connectivity index (χ0n) is 8.49. The van der Waals surface area contributed by atoms with Gasteiger partial charge in [-0.25, -0.2) is 4.79 Å². The standard InChI is InChI=1S/C10H13NO3S/c1-13-10(12)7-4-9(15-6-7)8-5-14-3-2-11-8/h4,6,8,11H,2-3,5H2,1H3. The van der Waals surface area contributed by atoms with E-state index in [4.69, 9.17) is 4.74 Å². The maximum Gasteiger partial charge on any atom is 0.338 e. The van der Waals surface area contributed by atoms with Gasteiger partial charge in [-0.05, 0) is 6.07 Å². The van der Waals surface area contributed by atoms with Crippen LogP contribution in [0.15, 0.2) is 11.4 Å². The van der Waals surface area contributed by atoms with Gasteiger partial charge in [-0.3, -0.25) is 0 Å².